The molecule has 0 amide bonds. The van der Waals surface area contributed by atoms with Gasteiger partial charge in [-0.25, -0.2) is 4.98 Å². The SMILES string of the molecule is COCCN1CCC([C@@H]2c3nc[nH]c3CCN2CC(C)C)CC1. The molecule has 1 atom stereocenters. The molecule has 2 aliphatic heterocycles. The first-order valence-corrected chi connectivity index (χ1v) is 9.16. The molecule has 1 aromatic rings. The number of ether oxygens (including phenoxy) is 1. The summed E-state index contributed by atoms with van der Waals surface area (Å²) in [6.07, 6.45) is 5.56. The summed E-state index contributed by atoms with van der Waals surface area (Å²) in [4.78, 5) is 13.3. The van der Waals surface area contributed by atoms with Crippen molar-refractivity contribution in [2.24, 2.45) is 11.8 Å². The lowest BCUT2D eigenvalue weighted by Crippen LogP contribution is -2.45. The fourth-order valence-corrected chi connectivity index (χ4v) is 4.26. The molecule has 1 aromatic heterocycles. The van der Waals surface area contributed by atoms with E-state index in [4.69, 9.17) is 9.72 Å². The molecule has 2 aliphatic rings. The minimum Gasteiger partial charge on any atom is -0.383 e. The summed E-state index contributed by atoms with van der Waals surface area (Å²) in [6.45, 7) is 11.3. The van der Waals surface area contributed by atoms with Crippen molar-refractivity contribution >= 4 is 0 Å². The van der Waals surface area contributed by atoms with E-state index in [1.54, 1.807) is 7.11 Å². The number of hydrogen-bond acceptors (Lipinski definition) is 4. The first-order valence-electron chi connectivity index (χ1n) is 9.16. The third-order valence-electron chi connectivity index (χ3n) is 5.36. The molecule has 0 aliphatic carbocycles. The van der Waals surface area contributed by atoms with Gasteiger partial charge in [-0.2, -0.15) is 0 Å². The van der Waals surface area contributed by atoms with Gasteiger partial charge in [-0.3, -0.25) is 4.90 Å². The molecule has 0 spiro atoms. The lowest BCUT2D eigenvalue weighted by Gasteiger charge is -2.43. The van der Waals surface area contributed by atoms with Crippen LogP contribution in [0.3, 0.4) is 0 Å². The van der Waals surface area contributed by atoms with Gasteiger partial charge < -0.3 is 14.6 Å². The number of aromatic amines is 1. The van der Waals surface area contributed by atoms with Crippen molar-refractivity contribution in [2.45, 2.75) is 39.2 Å². The van der Waals surface area contributed by atoms with Gasteiger partial charge in [-0.1, -0.05) is 13.8 Å². The van der Waals surface area contributed by atoms with Crippen LogP contribution in [0.25, 0.3) is 0 Å². The second-order valence-corrected chi connectivity index (χ2v) is 7.52. The minimum absolute atomic E-state index is 0.511. The Morgan fingerprint density at radius 1 is 1.30 bits per heavy atom. The summed E-state index contributed by atoms with van der Waals surface area (Å²) in [6, 6.07) is 0.511. The van der Waals surface area contributed by atoms with Crippen molar-refractivity contribution in [3.8, 4) is 0 Å². The van der Waals surface area contributed by atoms with Crippen LogP contribution in [0.4, 0.5) is 0 Å². The summed E-state index contributed by atoms with van der Waals surface area (Å²) < 4.78 is 5.22. The van der Waals surface area contributed by atoms with Crippen LogP contribution < -0.4 is 0 Å². The fourth-order valence-electron chi connectivity index (χ4n) is 4.26. The summed E-state index contributed by atoms with van der Waals surface area (Å²) in [5.41, 5.74) is 2.70. The van der Waals surface area contributed by atoms with Crippen molar-refractivity contribution in [1.29, 1.82) is 0 Å². The maximum absolute atomic E-state index is 5.22. The molecule has 1 saturated heterocycles. The van der Waals surface area contributed by atoms with E-state index >= 15 is 0 Å². The van der Waals surface area contributed by atoms with Gasteiger partial charge in [0.05, 0.1) is 24.7 Å². The number of likely N-dealkylation sites (tertiary alicyclic amines) is 1. The normalized spacial score (nSPS) is 24.3. The number of imidazole rings is 1. The molecule has 5 heteroatoms. The molecule has 0 saturated carbocycles. The second kappa shape index (κ2) is 7.77. The van der Waals surface area contributed by atoms with E-state index in [1.165, 1.54) is 50.4 Å². The summed E-state index contributed by atoms with van der Waals surface area (Å²) in [7, 11) is 1.79. The third kappa shape index (κ3) is 3.95. The number of aromatic nitrogens is 2. The van der Waals surface area contributed by atoms with Crippen LogP contribution in [0, 0.1) is 11.8 Å². The molecule has 3 heterocycles. The molecule has 0 radical (unpaired) electrons. The highest BCUT2D eigenvalue weighted by Crippen LogP contribution is 2.38. The van der Waals surface area contributed by atoms with Crippen molar-refractivity contribution in [3.05, 3.63) is 17.7 Å². The summed E-state index contributed by atoms with van der Waals surface area (Å²) in [5.74, 6) is 1.44. The molecule has 0 unspecified atom stereocenters. The van der Waals surface area contributed by atoms with Crippen molar-refractivity contribution < 1.29 is 4.74 Å². The van der Waals surface area contributed by atoms with Crippen LogP contribution in [-0.2, 0) is 11.2 Å². The van der Waals surface area contributed by atoms with E-state index in [0.29, 0.717) is 12.0 Å². The second-order valence-electron chi connectivity index (χ2n) is 7.52. The van der Waals surface area contributed by atoms with Gasteiger partial charge in [0.1, 0.15) is 0 Å². The first kappa shape index (κ1) is 16.9. The predicted octanol–water partition coefficient (Wildman–Crippen LogP) is 2.32. The highest BCUT2D eigenvalue weighted by Gasteiger charge is 2.37. The molecule has 1 fully saturated rings. The first-order chi connectivity index (χ1) is 11.2. The number of rotatable bonds is 6. The molecule has 1 N–H and O–H groups in total. The third-order valence-corrected chi connectivity index (χ3v) is 5.36. The molecule has 5 nitrogen and oxygen atoms in total. The maximum atomic E-state index is 5.22. The summed E-state index contributed by atoms with van der Waals surface area (Å²) in [5, 5.41) is 0. The zero-order chi connectivity index (χ0) is 16.2. The van der Waals surface area contributed by atoms with Crippen LogP contribution >= 0.6 is 0 Å². The van der Waals surface area contributed by atoms with Crippen LogP contribution in [0.2, 0.25) is 0 Å². The van der Waals surface area contributed by atoms with E-state index in [2.05, 4.69) is 28.6 Å². The quantitative estimate of drug-likeness (QED) is 0.874. The lowest BCUT2D eigenvalue weighted by molar-refractivity contribution is 0.0591. The van der Waals surface area contributed by atoms with Gasteiger partial charge in [-0.05, 0) is 37.8 Å². The Kier molecular flexibility index (Phi) is 5.72. The Labute approximate surface area is 140 Å². The Morgan fingerprint density at radius 3 is 2.78 bits per heavy atom. The van der Waals surface area contributed by atoms with Crippen LogP contribution in [0.15, 0.2) is 6.33 Å². The number of piperidine rings is 1. The Bertz CT molecular complexity index is 479. The van der Waals surface area contributed by atoms with E-state index in [9.17, 15) is 0 Å². The van der Waals surface area contributed by atoms with Crippen molar-refractivity contribution in [3.63, 3.8) is 0 Å². The Hall–Kier alpha value is -0.910. The van der Waals surface area contributed by atoms with Gasteiger partial charge >= 0.3 is 0 Å². The molecule has 3 rings (SSSR count). The number of methoxy groups -OCH3 is 1. The number of fused-ring (bicyclic) bond motifs is 1. The highest BCUT2D eigenvalue weighted by molar-refractivity contribution is 5.21. The average molecular weight is 320 g/mol. The van der Waals surface area contributed by atoms with Gasteiger partial charge in [0.25, 0.3) is 0 Å². The number of nitrogens with zero attached hydrogens (tertiary/aromatic N) is 3. The highest BCUT2D eigenvalue weighted by atomic mass is 16.5. The number of H-pyrrole nitrogens is 1. The zero-order valence-electron chi connectivity index (χ0n) is 14.9. The van der Waals surface area contributed by atoms with Crippen molar-refractivity contribution in [2.75, 3.05) is 46.4 Å². The van der Waals surface area contributed by atoms with E-state index in [1.807, 2.05) is 6.33 Å². The number of nitrogens with one attached hydrogen (secondary N) is 1. The Morgan fingerprint density at radius 2 is 2.09 bits per heavy atom. The molecule has 0 aromatic carbocycles. The van der Waals surface area contributed by atoms with Crippen molar-refractivity contribution in [1.82, 2.24) is 19.8 Å². The molecule has 0 bridgehead atoms. The predicted molar refractivity (Wildman–Crippen MR) is 92.5 cm³/mol. The Balaban J connectivity index is 1.68. The largest absolute Gasteiger partial charge is 0.383 e. The van der Waals surface area contributed by atoms with E-state index in [0.717, 1.165) is 25.5 Å². The monoisotopic (exact) mass is 320 g/mol. The van der Waals surface area contributed by atoms with Crippen LogP contribution in [0.5, 0.6) is 0 Å². The molecule has 130 valence electrons. The maximum Gasteiger partial charge on any atom is 0.0925 e. The smallest absolute Gasteiger partial charge is 0.0925 e. The average Bonchev–Trinajstić information content (AvgIpc) is 3.01. The topological polar surface area (TPSA) is 44.4 Å². The zero-order valence-corrected chi connectivity index (χ0v) is 14.9. The van der Waals surface area contributed by atoms with Gasteiger partial charge in [0.2, 0.25) is 0 Å². The van der Waals surface area contributed by atoms with E-state index < -0.39 is 0 Å². The minimum atomic E-state index is 0.511. The van der Waals surface area contributed by atoms with Gasteiger partial charge in [0, 0.05) is 38.9 Å². The summed E-state index contributed by atoms with van der Waals surface area (Å²) >= 11 is 0. The standard InChI is InChI=1S/C18H32N4O/c1-14(2)12-22-9-6-16-17(20-13-19-16)18(22)15-4-7-21(8-5-15)10-11-23-3/h13-15,18H,4-12H2,1-3H3,(H,19,20)/t18-/m1/s1. The lowest BCUT2D eigenvalue weighted by atomic mass is 9.83. The van der Waals surface area contributed by atoms with Crippen LogP contribution in [-0.4, -0.2) is 66.2 Å². The van der Waals surface area contributed by atoms with Gasteiger partial charge in [-0.15, -0.1) is 0 Å². The number of hydrogen-bond donors (Lipinski definition) is 1. The van der Waals surface area contributed by atoms with E-state index in [-0.39, 0.29) is 0 Å². The molecular formula is C18H32N4O. The van der Waals surface area contributed by atoms with Gasteiger partial charge in [0.15, 0.2) is 0 Å². The molecular weight excluding hydrogens is 288 g/mol. The fraction of sp³-hybridized carbons (Fsp3) is 0.833. The van der Waals surface area contributed by atoms with Crippen LogP contribution in [0.1, 0.15) is 44.1 Å². The molecule has 23 heavy (non-hydrogen) atoms.